The summed E-state index contributed by atoms with van der Waals surface area (Å²) in [6.07, 6.45) is 1.32. The molecule has 1 fully saturated rings. The van der Waals surface area contributed by atoms with Crippen LogP contribution in [0.4, 0.5) is 0 Å². The average molecular weight is 360 g/mol. The first-order chi connectivity index (χ1) is 11.8. The Hall–Kier alpha value is -1.95. The summed E-state index contributed by atoms with van der Waals surface area (Å²) < 4.78 is 23.7. The summed E-state index contributed by atoms with van der Waals surface area (Å²) in [7, 11) is -3.04. The normalized spacial score (nSPS) is 19.2. The second kappa shape index (κ2) is 6.75. The summed E-state index contributed by atoms with van der Waals surface area (Å²) in [4.78, 5) is 19.6. The average Bonchev–Trinajstić information content (AvgIpc) is 2.91. The molecule has 0 N–H and O–H groups in total. The molecule has 1 unspecified atom stereocenters. The summed E-state index contributed by atoms with van der Waals surface area (Å²) >= 11 is 0. The van der Waals surface area contributed by atoms with Crippen molar-refractivity contribution in [3.8, 4) is 0 Å². The van der Waals surface area contributed by atoms with Gasteiger partial charge in [-0.1, -0.05) is 18.6 Å². The zero-order chi connectivity index (χ0) is 18.2. The summed E-state index contributed by atoms with van der Waals surface area (Å²) in [6, 6.07) is 7.47. The molecule has 1 aromatic carbocycles. The van der Waals surface area contributed by atoms with Crippen molar-refractivity contribution in [2.75, 3.05) is 18.1 Å². The molecule has 0 radical (unpaired) electrons. The van der Waals surface area contributed by atoms with Gasteiger partial charge in [0.2, 0.25) is 0 Å². The fourth-order valence-corrected chi connectivity index (χ4v) is 5.25. The topological polar surface area (TPSA) is 67.3 Å². The molecule has 0 saturated carbocycles. The van der Waals surface area contributed by atoms with Crippen molar-refractivity contribution < 1.29 is 13.2 Å². The van der Waals surface area contributed by atoms with Gasteiger partial charge in [-0.2, -0.15) is 0 Å². The van der Waals surface area contributed by atoms with Crippen LogP contribution in [0.1, 0.15) is 41.4 Å². The smallest absolute Gasteiger partial charge is 0.254 e. The zero-order valence-corrected chi connectivity index (χ0v) is 15.8. The molecule has 1 aliphatic heterocycles. The van der Waals surface area contributed by atoms with Crippen molar-refractivity contribution in [2.45, 2.75) is 39.7 Å². The number of aryl methyl sites for hydroxylation is 2. The predicted molar refractivity (Wildman–Crippen MR) is 99.6 cm³/mol. The van der Waals surface area contributed by atoms with Crippen molar-refractivity contribution in [1.29, 1.82) is 0 Å². The summed E-state index contributed by atoms with van der Waals surface area (Å²) in [5.41, 5.74) is 3.27. The number of nitrogens with zero attached hydrogens (tertiary/aromatic N) is 2. The van der Waals surface area contributed by atoms with E-state index in [1.54, 1.807) is 4.90 Å². The third-order valence-electron chi connectivity index (χ3n) is 4.70. The number of pyridine rings is 1. The van der Waals surface area contributed by atoms with Crippen molar-refractivity contribution in [2.24, 2.45) is 0 Å². The van der Waals surface area contributed by atoms with Gasteiger partial charge in [0.15, 0.2) is 9.84 Å². The minimum Gasteiger partial charge on any atom is -0.335 e. The molecule has 0 spiro atoms. The molecule has 6 heteroatoms. The van der Waals surface area contributed by atoms with Gasteiger partial charge in [-0.15, -0.1) is 0 Å². The van der Waals surface area contributed by atoms with Gasteiger partial charge >= 0.3 is 0 Å². The predicted octanol–water partition coefficient (Wildman–Crippen LogP) is 2.89. The second-order valence-corrected chi connectivity index (χ2v) is 9.12. The third kappa shape index (κ3) is 3.68. The van der Waals surface area contributed by atoms with Crippen LogP contribution in [0.15, 0.2) is 24.3 Å². The number of rotatable bonds is 4. The number of aromatic nitrogens is 1. The van der Waals surface area contributed by atoms with Gasteiger partial charge in [0, 0.05) is 23.7 Å². The molecule has 134 valence electrons. The van der Waals surface area contributed by atoms with Crippen LogP contribution in [0.3, 0.4) is 0 Å². The van der Waals surface area contributed by atoms with Gasteiger partial charge in [-0.3, -0.25) is 9.78 Å². The Morgan fingerprint density at radius 1 is 1.28 bits per heavy atom. The third-order valence-corrected chi connectivity index (χ3v) is 6.45. The maximum Gasteiger partial charge on any atom is 0.254 e. The number of carbonyl (C=O) groups is 1. The molecule has 3 rings (SSSR count). The molecule has 1 aromatic heterocycles. The standard InChI is InChI=1S/C19H24N2O3S/c1-4-8-21(15-7-9-25(23,24)12-15)19(22)17-11-14(3)20-18-6-5-13(2)10-16(17)18/h5-6,10-11,15H,4,7-9,12H2,1-3H3. The van der Waals surface area contributed by atoms with Crippen molar-refractivity contribution in [3.05, 3.63) is 41.1 Å². The quantitative estimate of drug-likeness (QED) is 0.841. The van der Waals surface area contributed by atoms with Crippen molar-refractivity contribution in [1.82, 2.24) is 9.88 Å². The Balaban J connectivity index is 2.05. The molecule has 1 aliphatic rings. The highest BCUT2D eigenvalue weighted by Gasteiger charge is 2.35. The maximum absolute atomic E-state index is 13.3. The number of sulfone groups is 1. The van der Waals surface area contributed by atoms with Gasteiger partial charge in [0.25, 0.3) is 5.91 Å². The Morgan fingerprint density at radius 3 is 2.68 bits per heavy atom. The lowest BCUT2D eigenvalue weighted by Gasteiger charge is -2.28. The lowest BCUT2D eigenvalue weighted by molar-refractivity contribution is 0.0699. The van der Waals surface area contributed by atoms with E-state index in [9.17, 15) is 13.2 Å². The van der Waals surface area contributed by atoms with Crippen LogP contribution >= 0.6 is 0 Å². The molecule has 25 heavy (non-hydrogen) atoms. The highest BCUT2D eigenvalue weighted by Crippen LogP contribution is 2.25. The Labute approximate surface area is 149 Å². The van der Waals surface area contributed by atoms with E-state index in [4.69, 9.17) is 0 Å². The molecule has 5 nitrogen and oxygen atoms in total. The second-order valence-electron chi connectivity index (χ2n) is 6.89. The van der Waals surface area contributed by atoms with E-state index in [0.717, 1.165) is 28.6 Å². The van der Waals surface area contributed by atoms with Crippen molar-refractivity contribution in [3.63, 3.8) is 0 Å². The summed E-state index contributed by atoms with van der Waals surface area (Å²) in [5.74, 6) is 0.144. The molecule has 0 aliphatic carbocycles. The molecule has 2 heterocycles. The molecule has 1 atom stereocenters. The molecule has 1 saturated heterocycles. The number of hydrogen-bond donors (Lipinski definition) is 0. The number of benzene rings is 1. The Bertz CT molecular complexity index is 922. The minimum absolute atomic E-state index is 0.0692. The number of hydrogen-bond acceptors (Lipinski definition) is 4. The van der Waals surface area contributed by atoms with Crippen LogP contribution in [-0.2, 0) is 9.84 Å². The van der Waals surface area contributed by atoms with Crippen LogP contribution < -0.4 is 0 Å². The van der Waals surface area contributed by atoms with Crippen molar-refractivity contribution >= 4 is 26.6 Å². The molecular formula is C19H24N2O3S. The van der Waals surface area contributed by atoms with Crippen LogP contribution in [0.5, 0.6) is 0 Å². The fraction of sp³-hybridized carbons (Fsp3) is 0.474. The molecule has 0 bridgehead atoms. The fourth-order valence-electron chi connectivity index (χ4n) is 3.52. The number of fused-ring (bicyclic) bond motifs is 1. The van der Waals surface area contributed by atoms with Gasteiger partial charge in [-0.25, -0.2) is 8.42 Å². The van der Waals surface area contributed by atoms with E-state index in [2.05, 4.69) is 4.98 Å². The monoisotopic (exact) mass is 360 g/mol. The van der Waals surface area contributed by atoms with Gasteiger partial charge in [0.1, 0.15) is 0 Å². The highest BCUT2D eigenvalue weighted by molar-refractivity contribution is 7.91. The van der Waals surface area contributed by atoms with Gasteiger partial charge < -0.3 is 4.90 Å². The van der Waals surface area contributed by atoms with Crippen LogP contribution in [0.2, 0.25) is 0 Å². The lowest BCUT2D eigenvalue weighted by Crippen LogP contribution is -2.41. The first-order valence-corrected chi connectivity index (χ1v) is 10.5. The van der Waals surface area contributed by atoms with E-state index in [-0.39, 0.29) is 23.5 Å². The van der Waals surface area contributed by atoms with Gasteiger partial charge in [0.05, 0.1) is 22.6 Å². The number of carbonyl (C=O) groups excluding carboxylic acids is 1. The SMILES string of the molecule is CCCN(C(=O)c1cc(C)nc2ccc(C)cc12)C1CCS(=O)(=O)C1. The lowest BCUT2D eigenvalue weighted by atomic mass is 10.0. The van der Waals surface area contributed by atoms with E-state index in [1.807, 2.05) is 45.0 Å². The maximum atomic E-state index is 13.3. The van der Waals surface area contributed by atoms with Crippen LogP contribution in [0, 0.1) is 13.8 Å². The van der Waals surface area contributed by atoms with E-state index in [0.29, 0.717) is 18.5 Å². The highest BCUT2D eigenvalue weighted by atomic mass is 32.2. The van der Waals surface area contributed by atoms with E-state index < -0.39 is 9.84 Å². The Morgan fingerprint density at radius 2 is 2.04 bits per heavy atom. The molecule has 1 amide bonds. The zero-order valence-electron chi connectivity index (χ0n) is 14.9. The van der Waals surface area contributed by atoms with Crippen LogP contribution in [0.25, 0.3) is 10.9 Å². The molecule has 2 aromatic rings. The van der Waals surface area contributed by atoms with Gasteiger partial charge in [-0.05, 0) is 44.9 Å². The number of amides is 1. The van der Waals surface area contributed by atoms with E-state index in [1.165, 1.54) is 0 Å². The van der Waals surface area contributed by atoms with E-state index >= 15 is 0 Å². The summed E-state index contributed by atoms with van der Waals surface area (Å²) in [6.45, 7) is 6.43. The first-order valence-electron chi connectivity index (χ1n) is 8.70. The first kappa shape index (κ1) is 17.9. The summed E-state index contributed by atoms with van der Waals surface area (Å²) in [5, 5.41) is 0.831. The molecular weight excluding hydrogens is 336 g/mol. The largest absolute Gasteiger partial charge is 0.335 e. The minimum atomic E-state index is -3.04. The van der Waals surface area contributed by atoms with Crippen LogP contribution in [-0.4, -0.2) is 48.3 Å². The Kier molecular flexibility index (Phi) is 4.82.